The number of benzene rings is 1. The molecule has 5 heteroatoms. The summed E-state index contributed by atoms with van der Waals surface area (Å²) in [7, 11) is 2.05. The lowest BCUT2D eigenvalue weighted by Crippen LogP contribution is -2.41. The van der Waals surface area contributed by atoms with Crippen LogP contribution in [0.15, 0.2) is 65.4 Å². The normalized spacial score (nSPS) is 15.4. The number of nitrogens with one attached hydrogen (secondary N) is 1. The summed E-state index contributed by atoms with van der Waals surface area (Å²) in [5.41, 5.74) is 3.99. The first-order valence-electron chi connectivity index (χ1n) is 8.96. The summed E-state index contributed by atoms with van der Waals surface area (Å²) in [5.74, 6) is 0.172. The second-order valence-electron chi connectivity index (χ2n) is 6.74. The standard InChI is InChI=1S/C21H23N3O2/c1-23-11-4-8-18(23)19(14-22-21(25)20-9-5-13-26-20)24-12-10-16-6-2-3-7-17(16)15-24/h2-9,11,13,19H,10,12,14-15H2,1H3,(H,22,25)/t19-/m0/s1. The van der Waals surface area contributed by atoms with E-state index in [1.807, 2.05) is 0 Å². The molecule has 0 saturated heterocycles. The summed E-state index contributed by atoms with van der Waals surface area (Å²) in [6, 6.07) is 16.3. The second kappa shape index (κ2) is 7.22. The van der Waals surface area contributed by atoms with Gasteiger partial charge in [-0.3, -0.25) is 9.69 Å². The van der Waals surface area contributed by atoms with E-state index in [0.717, 1.165) is 19.5 Å². The number of aromatic nitrogens is 1. The molecule has 0 spiro atoms. The number of fused-ring (bicyclic) bond motifs is 1. The zero-order chi connectivity index (χ0) is 17.9. The van der Waals surface area contributed by atoms with Crippen molar-refractivity contribution < 1.29 is 9.21 Å². The minimum absolute atomic E-state index is 0.113. The maximum atomic E-state index is 12.3. The van der Waals surface area contributed by atoms with Gasteiger partial charge in [0.25, 0.3) is 5.91 Å². The van der Waals surface area contributed by atoms with E-state index in [9.17, 15) is 4.79 Å². The number of carbonyl (C=O) groups excluding carboxylic acids is 1. The van der Waals surface area contributed by atoms with Crippen molar-refractivity contribution in [1.82, 2.24) is 14.8 Å². The highest BCUT2D eigenvalue weighted by atomic mass is 16.3. The number of aryl methyl sites for hydroxylation is 1. The van der Waals surface area contributed by atoms with Gasteiger partial charge in [-0.15, -0.1) is 0 Å². The molecule has 4 rings (SSSR count). The first-order valence-corrected chi connectivity index (χ1v) is 8.96. The predicted molar refractivity (Wildman–Crippen MR) is 99.8 cm³/mol. The number of hydrogen-bond acceptors (Lipinski definition) is 3. The lowest BCUT2D eigenvalue weighted by Gasteiger charge is -2.36. The maximum absolute atomic E-state index is 12.3. The van der Waals surface area contributed by atoms with Crippen LogP contribution in [0.1, 0.15) is 33.4 Å². The number of amides is 1. The van der Waals surface area contributed by atoms with Gasteiger partial charge >= 0.3 is 0 Å². The molecule has 2 aromatic heterocycles. The summed E-state index contributed by atoms with van der Waals surface area (Å²) < 4.78 is 7.33. The summed E-state index contributed by atoms with van der Waals surface area (Å²) in [4.78, 5) is 14.8. The molecule has 3 aromatic rings. The third-order valence-electron chi connectivity index (χ3n) is 5.13. The molecule has 0 fully saturated rings. The molecular weight excluding hydrogens is 326 g/mol. The third-order valence-corrected chi connectivity index (χ3v) is 5.13. The summed E-state index contributed by atoms with van der Waals surface area (Å²) in [6.07, 6.45) is 4.60. The molecule has 0 aliphatic carbocycles. The van der Waals surface area contributed by atoms with Crippen molar-refractivity contribution in [1.29, 1.82) is 0 Å². The monoisotopic (exact) mass is 349 g/mol. The predicted octanol–water partition coefficient (Wildman–Crippen LogP) is 3.15. The van der Waals surface area contributed by atoms with Gasteiger partial charge in [-0.2, -0.15) is 0 Å². The van der Waals surface area contributed by atoms with Crippen LogP contribution in [0.3, 0.4) is 0 Å². The van der Waals surface area contributed by atoms with Gasteiger partial charge in [0.2, 0.25) is 0 Å². The number of furan rings is 1. The second-order valence-corrected chi connectivity index (χ2v) is 6.74. The Morgan fingerprint density at radius 2 is 2.00 bits per heavy atom. The maximum Gasteiger partial charge on any atom is 0.287 e. The van der Waals surface area contributed by atoms with E-state index in [0.29, 0.717) is 12.3 Å². The van der Waals surface area contributed by atoms with Crippen LogP contribution in [-0.2, 0) is 20.0 Å². The molecule has 1 amide bonds. The quantitative estimate of drug-likeness (QED) is 0.770. The summed E-state index contributed by atoms with van der Waals surface area (Å²) in [6.45, 7) is 2.41. The van der Waals surface area contributed by atoms with Crippen LogP contribution in [0.5, 0.6) is 0 Å². The average molecular weight is 349 g/mol. The van der Waals surface area contributed by atoms with E-state index in [2.05, 4.69) is 64.4 Å². The van der Waals surface area contributed by atoms with Crippen LogP contribution in [-0.4, -0.2) is 28.5 Å². The molecule has 1 aliphatic rings. The van der Waals surface area contributed by atoms with Crippen LogP contribution < -0.4 is 5.32 Å². The number of rotatable bonds is 5. The van der Waals surface area contributed by atoms with Crippen molar-refractivity contribution in [2.45, 2.75) is 19.0 Å². The molecule has 5 nitrogen and oxygen atoms in total. The fraction of sp³-hybridized carbons (Fsp3) is 0.286. The van der Waals surface area contributed by atoms with E-state index in [4.69, 9.17) is 4.42 Å². The van der Waals surface area contributed by atoms with Gasteiger partial charge in [-0.1, -0.05) is 24.3 Å². The number of carbonyl (C=O) groups is 1. The van der Waals surface area contributed by atoms with Crippen molar-refractivity contribution in [3.63, 3.8) is 0 Å². The molecule has 26 heavy (non-hydrogen) atoms. The minimum Gasteiger partial charge on any atom is -0.459 e. The van der Waals surface area contributed by atoms with E-state index < -0.39 is 0 Å². The van der Waals surface area contributed by atoms with E-state index in [-0.39, 0.29) is 11.9 Å². The molecule has 1 atom stereocenters. The van der Waals surface area contributed by atoms with Gasteiger partial charge < -0.3 is 14.3 Å². The lowest BCUT2D eigenvalue weighted by atomic mass is 9.98. The van der Waals surface area contributed by atoms with E-state index >= 15 is 0 Å². The largest absolute Gasteiger partial charge is 0.459 e. The Balaban J connectivity index is 1.54. The van der Waals surface area contributed by atoms with Crippen LogP contribution >= 0.6 is 0 Å². The number of hydrogen-bond donors (Lipinski definition) is 1. The zero-order valence-electron chi connectivity index (χ0n) is 14.9. The first-order chi connectivity index (χ1) is 12.7. The Labute approximate surface area is 153 Å². The van der Waals surface area contributed by atoms with Crippen molar-refractivity contribution in [2.24, 2.45) is 7.05 Å². The fourth-order valence-corrected chi connectivity index (χ4v) is 3.71. The van der Waals surface area contributed by atoms with Crippen molar-refractivity contribution in [3.05, 3.63) is 83.6 Å². The third kappa shape index (κ3) is 3.30. The van der Waals surface area contributed by atoms with Crippen molar-refractivity contribution in [2.75, 3.05) is 13.1 Å². The molecule has 1 aromatic carbocycles. The highest BCUT2D eigenvalue weighted by molar-refractivity contribution is 5.91. The average Bonchev–Trinajstić information content (AvgIpc) is 3.34. The fourth-order valence-electron chi connectivity index (χ4n) is 3.71. The first kappa shape index (κ1) is 16.7. The van der Waals surface area contributed by atoms with Crippen LogP contribution in [0.4, 0.5) is 0 Å². The SMILES string of the molecule is Cn1cccc1[C@H](CNC(=O)c1ccco1)N1CCc2ccccc2C1. The minimum atomic E-state index is -0.174. The van der Waals surface area contributed by atoms with Gasteiger partial charge in [0.05, 0.1) is 12.3 Å². The van der Waals surface area contributed by atoms with E-state index in [1.54, 1.807) is 12.1 Å². The molecule has 0 radical (unpaired) electrons. The summed E-state index contributed by atoms with van der Waals surface area (Å²) >= 11 is 0. The van der Waals surface area contributed by atoms with Gasteiger partial charge in [0.15, 0.2) is 5.76 Å². The van der Waals surface area contributed by atoms with Crippen LogP contribution in [0.2, 0.25) is 0 Å². The Bertz CT molecular complexity index is 882. The lowest BCUT2D eigenvalue weighted by molar-refractivity contribution is 0.0898. The molecular formula is C21H23N3O2. The molecule has 3 heterocycles. The highest BCUT2D eigenvalue weighted by Gasteiger charge is 2.27. The van der Waals surface area contributed by atoms with E-state index in [1.165, 1.54) is 23.1 Å². The Hall–Kier alpha value is -2.79. The smallest absolute Gasteiger partial charge is 0.287 e. The summed E-state index contributed by atoms with van der Waals surface area (Å²) in [5, 5.41) is 3.03. The molecule has 134 valence electrons. The van der Waals surface area contributed by atoms with Gasteiger partial charge in [0.1, 0.15) is 0 Å². The molecule has 0 saturated carbocycles. The van der Waals surface area contributed by atoms with Crippen molar-refractivity contribution >= 4 is 5.91 Å². The Morgan fingerprint density at radius 1 is 1.15 bits per heavy atom. The Kier molecular flexibility index (Phi) is 4.63. The Morgan fingerprint density at radius 3 is 2.73 bits per heavy atom. The molecule has 0 bridgehead atoms. The molecule has 1 N–H and O–H groups in total. The molecule has 1 aliphatic heterocycles. The van der Waals surface area contributed by atoms with Gasteiger partial charge in [0, 0.05) is 38.6 Å². The highest BCUT2D eigenvalue weighted by Crippen LogP contribution is 2.27. The zero-order valence-corrected chi connectivity index (χ0v) is 14.9. The topological polar surface area (TPSA) is 50.4 Å². The van der Waals surface area contributed by atoms with Crippen LogP contribution in [0, 0.1) is 0 Å². The van der Waals surface area contributed by atoms with Crippen molar-refractivity contribution in [3.8, 4) is 0 Å². The van der Waals surface area contributed by atoms with Crippen LogP contribution in [0.25, 0.3) is 0 Å². The van der Waals surface area contributed by atoms with Gasteiger partial charge in [-0.05, 0) is 41.8 Å². The van der Waals surface area contributed by atoms with Gasteiger partial charge in [-0.25, -0.2) is 0 Å². The molecule has 0 unspecified atom stereocenters. The number of nitrogens with zero attached hydrogens (tertiary/aromatic N) is 2.